The fraction of sp³-hybridized carbons (Fsp3) is 0.500. The van der Waals surface area contributed by atoms with E-state index in [1.807, 2.05) is 32.0 Å². The molecule has 0 saturated carbocycles. The molecule has 1 atom stereocenters. The van der Waals surface area contributed by atoms with Crippen LogP contribution in [0.3, 0.4) is 0 Å². The summed E-state index contributed by atoms with van der Waals surface area (Å²) < 4.78 is 10.2. The third-order valence-corrected chi connectivity index (χ3v) is 3.67. The molecule has 114 valence electrons. The summed E-state index contributed by atoms with van der Waals surface area (Å²) in [5.41, 5.74) is 2.73. The van der Waals surface area contributed by atoms with Gasteiger partial charge in [-0.3, -0.25) is 9.59 Å². The van der Waals surface area contributed by atoms with Gasteiger partial charge < -0.3 is 14.4 Å². The van der Waals surface area contributed by atoms with Crippen molar-refractivity contribution in [2.45, 2.75) is 26.4 Å². The highest BCUT2D eigenvalue weighted by atomic mass is 16.5. The van der Waals surface area contributed by atoms with Crippen LogP contribution in [0.2, 0.25) is 0 Å². The van der Waals surface area contributed by atoms with E-state index in [-0.39, 0.29) is 24.4 Å². The number of hydrogen-bond donors (Lipinski definition) is 0. The first-order valence-electron chi connectivity index (χ1n) is 7.06. The first-order valence-corrected chi connectivity index (χ1v) is 7.06. The molecular formula is C16H21NO4. The van der Waals surface area contributed by atoms with Gasteiger partial charge in [-0.15, -0.1) is 0 Å². The van der Waals surface area contributed by atoms with E-state index in [9.17, 15) is 9.59 Å². The number of carbonyl (C=O) groups excluding carboxylic acids is 2. The highest BCUT2D eigenvalue weighted by molar-refractivity contribution is 5.96. The SMILES string of the molecule is COC(=O)CC1CN(C(=O)c2cc(C)ccc2C)CCO1. The number of morpholine rings is 1. The Balaban J connectivity index is 2.08. The minimum atomic E-state index is -0.318. The molecule has 0 N–H and O–H groups in total. The van der Waals surface area contributed by atoms with Crippen LogP contribution in [-0.2, 0) is 14.3 Å². The van der Waals surface area contributed by atoms with Gasteiger partial charge in [0.15, 0.2) is 0 Å². The van der Waals surface area contributed by atoms with E-state index in [0.717, 1.165) is 11.1 Å². The van der Waals surface area contributed by atoms with Crippen LogP contribution >= 0.6 is 0 Å². The van der Waals surface area contributed by atoms with Crippen LogP contribution in [0, 0.1) is 13.8 Å². The molecule has 0 bridgehead atoms. The molecule has 1 unspecified atom stereocenters. The standard InChI is InChI=1S/C16H21NO4/c1-11-4-5-12(2)14(8-11)16(19)17-6-7-21-13(10-17)9-15(18)20-3/h4-5,8,13H,6-7,9-10H2,1-3H3. The van der Waals surface area contributed by atoms with Crippen molar-refractivity contribution >= 4 is 11.9 Å². The zero-order chi connectivity index (χ0) is 15.4. The Bertz CT molecular complexity index is 541. The Kier molecular flexibility index (Phi) is 4.96. The highest BCUT2D eigenvalue weighted by Gasteiger charge is 2.27. The van der Waals surface area contributed by atoms with Crippen LogP contribution in [0.4, 0.5) is 0 Å². The molecule has 0 aromatic heterocycles. The van der Waals surface area contributed by atoms with E-state index in [2.05, 4.69) is 4.74 Å². The van der Waals surface area contributed by atoms with E-state index >= 15 is 0 Å². The van der Waals surface area contributed by atoms with Crippen molar-refractivity contribution in [2.75, 3.05) is 26.8 Å². The predicted molar refractivity (Wildman–Crippen MR) is 78.2 cm³/mol. The molecular weight excluding hydrogens is 270 g/mol. The molecule has 1 aliphatic heterocycles. The van der Waals surface area contributed by atoms with E-state index < -0.39 is 0 Å². The van der Waals surface area contributed by atoms with E-state index in [0.29, 0.717) is 25.3 Å². The summed E-state index contributed by atoms with van der Waals surface area (Å²) in [4.78, 5) is 25.7. The Morgan fingerprint density at radius 2 is 2.14 bits per heavy atom. The number of hydrogen-bond acceptors (Lipinski definition) is 4. The fourth-order valence-electron chi connectivity index (χ4n) is 2.43. The molecule has 1 aromatic carbocycles. The second-order valence-electron chi connectivity index (χ2n) is 5.34. The molecule has 0 spiro atoms. The van der Waals surface area contributed by atoms with Crippen molar-refractivity contribution in [3.8, 4) is 0 Å². The molecule has 1 saturated heterocycles. The van der Waals surface area contributed by atoms with Crippen molar-refractivity contribution in [2.24, 2.45) is 0 Å². The van der Waals surface area contributed by atoms with Gasteiger partial charge in [0.1, 0.15) is 0 Å². The number of esters is 1. The fourth-order valence-corrected chi connectivity index (χ4v) is 2.43. The highest BCUT2D eigenvalue weighted by Crippen LogP contribution is 2.17. The summed E-state index contributed by atoms with van der Waals surface area (Å²) in [5.74, 6) is -0.324. The zero-order valence-corrected chi connectivity index (χ0v) is 12.7. The van der Waals surface area contributed by atoms with Crippen molar-refractivity contribution in [3.63, 3.8) is 0 Å². The summed E-state index contributed by atoms with van der Waals surface area (Å²) in [6.45, 7) is 5.30. The Hall–Kier alpha value is -1.88. The maximum atomic E-state index is 12.6. The number of benzene rings is 1. The van der Waals surface area contributed by atoms with Crippen LogP contribution < -0.4 is 0 Å². The monoisotopic (exact) mass is 291 g/mol. The molecule has 2 rings (SSSR count). The largest absolute Gasteiger partial charge is 0.469 e. The molecule has 5 heteroatoms. The number of amides is 1. The smallest absolute Gasteiger partial charge is 0.308 e. The summed E-state index contributed by atoms with van der Waals surface area (Å²) in [5, 5.41) is 0. The lowest BCUT2D eigenvalue weighted by molar-refractivity contribution is -0.145. The van der Waals surface area contributed by atoms with Crippen molar-refractivity contribution in [1.82, 2.24) is 4.90 Å². The molecule has 0 aliphatic carbocycles. The van der Waals surface area contributed by atoms with E-state index in [4.69, 9.17) is 4.74 Å². The molecule has 1 fully saturated rings. The lowest BCUT2D eigenvalue weighted by Crippen LogP contribution is -2.46. The van der Waals surface area contributed by atoms with Crippen molar-refractivity contribution < 1.29 is 19.1 Å². The minimum absolute atomic E-state index is 0.00522. The lowest BCUT2D eigenvalue weighted by Gasteiger charge is -2.33. The van der Waals surface area contributed by atoms with Crippen LogP contribution in [0.15, 0.2) is 18.2 Å². The third-order valence-electron chi connectivity index (χ3n) is 3.67. The number of nitrogens with zero attached hydrogens (tertiary/aromatic N) is 1. The Morgan fingerprint density at radius 3 is 2.86 bits per heavy atom. The molecule has 1 amide bonds. The Morgan fingerprint density at radius 1 is 1.38 bits per heavy atom. The maximum absolute atomic E-state index is 12.6. The van der Waals surface area contributed by atoms with Gasteiger partial charge in [-0.2, -0.15) is 0 Å². The first kappa shape index (κ1) is 15.5. The number of ether oxygens (including phenoxy) is 2. The van der Waals surface area contributed by atoms with Gasteiger partial charge in [0, 0.05) is 18.7 Å². The topological polar surface area (TPSA) is 55.8 Å². The van der Waals surface area contributed by atoms with Gasteiger partial charge >= 0.3 is 5.97 Å². The van der Waals surface area contributed by atoms with Crippen molar-refractivity contribution in [3.05, 3.63) is 34.9 Å². The van der Waals surface area contributed by atoms with Gasteiger partial charge in [0.25, 0.3) is 5.91 Å². The molecule has 1 heterocycles. The Labute approximate surface area is 124 Å². The normalized spacial score (nSPS) is 18.4. The summed E-state index contributed by atoms with van der Waals surface area (Å²) in [6, 6.07) is 5.85. The van der Waals surface area contributed by atoms with Gasteiger partial charge in [-0.1, -0.05) is 17.7 Å². The van der Waals surface area contributed by atoms with Gasteiger partial charge in [-0.05, 0) is 25.5 Å². The van der Waals surface area contributed by atoms with Gasteiger partial charge in [-0.25, -0.2) is 0 Å². The van der Waals surface area contributed by atoms with Gasteiger partial charge in [0.2, 0.25) is 0 Å². The van der Waals surface area contributed by atoms with Gasteiger partial charge in [0.05, 0.1) is 26.2 Å². The third kappa shape index (κ3) is 3.82. The molecule has 5 nitrogen and oxygen atoms in total. The first-order chi connectivity index (χ1) is 10.0. The zero-order valence-electron chi connectivity index (χ0n) is 12.7. The lowest BCUT2D eigenvalue weighted by atomic mass is 10.0. The molecule has 0 radical (unpaired) electrons. The number of rotatable bonds is 3. The number of aryl methyl sites for hydroxylation is 2. The van der Waals surface area contributed by atoms with E-state index in [1.165, 1.54) is 7.11 Å². The second kappa shape index (κ2) is 6.72. The van der Waals surface area contributed by atoms with Crippen LogP contribution in [0.1, 0.15) is 27.9 Å². The number of methoxy groups -OCH3 is 1. The summed E-state index contributed by atoms with van der Waals surface area (Å²) >= 11 is 0. The minimum Gasteiger partial charge on any atom is -0.469 e. The second-order valence-corrected chi connectivity index (χ2v) is 5.34. The van der Waals surface area contributed by atoms with Crippen LogP contribution in [0.25, 0.3) is 0 Å². The predicted octanol–water partition coefficient (Wildman–Crippen LogP) is 1.71. The van der Waals surface area contributed by atoms with E-state index in [1.54, 1.807) is 4.90 Å². The van der Waals surface area contributed by atoms with Crippen molar-refractivity contribution in [1.29, 1.82) is 0 Å². The number of carbonyl (C=O) groups is 2. The average Bonchev–Trinajstić information content (AvgIpc) is 2.49. The van der Waals surface area contributed by atoms with Crippen LogP contribution in [-0.4, -0.2) is 49.7 Å². The average molecular weight is 291 g/mol. The maximum Gasteiger partial charge on any atom is 0.308 e. The molecule has 1 aromatic rings. The summed E-state index contributed by atoms with van der Waals surface area (Å²) in [6.07, 6.45) is -0.118. The summed E-state index contributed by atoms with van der Waals surface area (Å²) in [7, 11) is 1.35. The molecule has 21 heavy (non-hydrogen) atoms. The van der Waals surface area contributed by atoms with Crippen LogP contribution in [0.5, 0.6) is 0 Å². The quantitative estimate of drug-likeness (QED) is 0.796. The molecule has 1 aliphatic rings.